The summed E-state index contributed by atoms with van der Waals surface area (Å²) in [6.45, 7) is 6.76. The molecule has 138 valence electrons. The van der Waals surface area contributed by atoms with E-state index in [2.05, 4.69) is 35.9 Å². The number of benzene rings is 1. The summed E-state index contributed by atoms with van der Waals surface area (Å²) in [6, 6.07) is 5.82. The second-order valence-electron chi connectivity index (χ2n) is 7.37. The highest BCUT2D eigenvalue weighted by Crippen LogP contribution is 2.29. The molecular weight excluding hydrogens is 383 g/mol. The minimum Gasteiger partial charge on any atom is -0.543 e. The van der Waals surface area contributed by atoms with Gasteiger partial charge < -0.3 is 4.43 Å². The first-order valence-corrected chi connectivity index (χ1v) is 13.5. The minimum atomic E-state index is -1.74. The Balaban J connectivity index is 2.12. The van der Waals surface area contributed by atoms with Crippen LogP contribution in [-0.4, -0.2) is 8.32 Å². The van der Waals surface area contributed by atoms with Crippen molar-refractivity contribution < 1.29 is 8.82 Å². The Labute approximate surface area is 157 Å². The van der Waals surface area contributed by atoms with Gasteiger partial charge in [0.25, 0.3) is 0 Å². The SMILES string of the molecule is CCCCCCCCCCCC[Si](C)(C)Oc1ccc(F)cc1Br. The van der Waals surface area contributed by atoms with Gasteiger partial charge >= 0.3 is 0 Å². The average molecular weight is 417 g/mol. The first-order chi connectivity index (χ1) is 11.4. The van der Waals surface area contributed by atoms with Gasteiger partial charge in [0.1, 0.15) is 11.6 Å². The summed E-state index contributed by atoms with van der Waals surface area (Å²) in [6.07, 6.45) is 13.6. The predicted octanol–water partition coefficient (Wildman–Crippen LogP) is 8.09. The second kappa shape index (κ2) is 12.1. The molecule has 0 aliphatic carbocycles. The summed E-state index contributed by atoms with van der Waals surface area (Å²) in [5.74, 6) is 0.545. The summed E-state index contributed by atoms with van der Waals surface area (Å²) in [4.78, 5) is 0. The van der Waals surface area contributed by atoms with Gasteiger partial charge in [0.05, 0.1) is 4.47 Å². The summed E-state index contributed by atoms with van der Waals surface area (Å²) < 4.78 is 20.1. The van der Waals surface area contributed by atoms with Gasteiger partial charge in [0.2, 0.25) is 8.32 Å². The molecule has 1 nitrogen and oxygen atoms in total. The molecule has 0 aromatic heterocycles. The van der Waals surface area contributed by atoms with E-state index in [0.717, 1.165) is 11.8 Å². The van der Waals surface area contributed by atoms with Crippen molar-refractivity contribution in [1.29, 1.82) is 0 Å². The smallest absolute Gasteiger partial charge is 0.245 e. The third kappa shape index (κ3) is 9.82. The Morgan fingerprint density at radius 1 is 0.917 bits per heavy atom. The van der Waals surface area contributed by atoms with Crippen LogP contribution in [0.25, 0.3) is 0 Å². The third-order valence-electron chi connectivity index (χ3n) is 4.41. The second-order valence-corrected chi connectivity index (χ2v) is 12.4. The van der Waals surface area contributed by atoms with Crippen LogP contribution in [0.4, 0.5) is 4.39 Å². The molecule has 4 heteroatoms. The molecule has 0 aliphatic heterocycles. The monoisotopic (exact) mass is 416 g/mol. The first-order valence-electron chi connectivity index (χ1n) is 9.58. The molecule has 0 aliphatic rings. The molecule has 1 aromatic carbocycles. The normalized spacial score (nSPS) is 11.7. The van der Waals surface area contributed by atoms with Gasteiger partial charge in [-0.25, -0.2) is 4.39 Å². The molecule has 0 heterocycles. The molecule has 0 fully saturated rings. The van der Waals surface area contributed by atoms with Gasteiger partial charge in [-0.05, 0) is 53.3 Å². The quantitative estimate of drug-likeness (QED) is 0.233. The molecule has 0 spiro atoms. The molecule has 0 bridgehead atoms. The van der Waals surface area contributed by atoms with Crippen molar-refractivity contribution in [3.8, 4) is 5.75 Å². The fourth-order valence-corrected chi connectivity index (χ4v) is 5.50. The zero-order chi connectivity index (χ0) is 17.8. The standard InChI is InChI=1S/C20H34BrFOSi/c1-4-5-6-7-8-9-10-11-12-13-16-24(2,3)23-20-15-14-18(22)17-19(20)21/h14-15,17H,4-13,16H2,1-3H3. The van der Waals surface area contributed by atoms with Crippen molar-refractivity contribution in [3.05, 3.63) is 28.5 Å². The van der Waals surface area contributed by atoms with E-state index in [1.54, 1.807) is 6.07 Å². The van der Waals surface area contributed by atoms with Crippen molar-refractivity contribution in [2.45, 2.75) is 90.3 Å². The summed E-state index contributed by atoms with van der Waals surface area (Å²) in [5.41, 5.74) is 0. The lowest BCUT2D eigenvalue weighted by Crippen LogP contribution is -2.34. The molecule has 0 N–H and O–H groups in total. The molecule has 1 rings (SSSR count). The molecule has 0 amide bonds. The fraction of sp³-hybridized carbons (Fsp3) is 0.700. The van der Waals surface area contributed by atoms with E-state index < -0.39 is 8.32 Å². The molecular formula is C20H34BrFOSi. The summed E-state index contributed by atoms with van der Waals surface area (Å²) in [7, 11) is -1.74. The number of hydrogen-bond donors (Lipinski definition) is 0. The maximum atomic E-state index is 13.1. The van der Waals surface area contributed by atoms with Crippen LogP contribution in [0.15, 0.2) is 22.7 Å². The van der Waals surface area contributed by atoms with Gasteiger partial charge in [0, 0.05) is 0 Å². The Morgan fingerprint density at radius 2 is 1.46 bits per heavy atom. The van der Waals surface area contributed by atoms with Gasteiger partial charge in [-0.15, -0.1) is 0 Å². The summed E-state index contributed by atoms with van der Waals surface area (Å²) in [5, 5.41) is 0. The zero-order valence-electron chi connectivity index (χ0n) is 15.7. The highest BCUT2D eigenvalue weighted by atomic mass is 79.9. The van der Waals surface area contributed by atoms with Crippen molar-refractivity contribution >= 4 is 24.2 Å². The Bertz CT molecular complexity index is 465. The highest BCUT2D eigenvalue weighted by Gasteiger charge is 2.24. The van der Waals surface area contributed by atoms with E-state index in [0.29, 0.717) is 4.47 Å². The van der Waals surface area contributed by atoms with E-state index in [1.807, 2.05) is 0 Å². The highest BCUT2D eigenvalue weighted by molar-refractivity contribution is 9.10. The maximum absolute atomic E-state index is 13.1. The van der Waals surface area contributed by atoms with Gasteiger partial charge in [-0.2, -0.15) is 0 Å². The molecule has 0 saturated carbocycles. The van der Waals surface area contributed by atoms with Crippen LogP contribution in [0.2, 0.25) is 19.1 Å². The lowest BCUT2D eigenvalue weighted by atomic mass is 10.1. The molecule has 1 aromatic rings. The lowest BCUT2D eigenvalue weighted by molar-refractivity contribution is 0.526. The van der Waals surface area contributed by atoms with Crippen LogP contribution in [0.1, 0.15) is 71.1 Å². The lowest BCUT2D eigenvalue weighted by Gasteiger charge is -2.25. The number of unbranched alkanes of at least 4 members (excludes halogenated alkanes) is 9. The number of rotatable bonds is 13. The van der Waals surface area contributed by atoms with Crippen LogP contribution in [0.3, 0.4) is 0 Å². The number of hydrogen-bond acceptors (Lipinski definition) is 1. The van der Waals surface area contributed by atoms with Crippen LogP contribution in [0.5, 0.6) is 5.75 Å². The average Bonchev–Trinajstić information content (AvgIpc) is 2.52. The van der Waals surface area contributed by atoms with Crippen molar-refractivity contribution in [3.63, 3.8) is 0 Å². The first kappa shape index (κ1) is 21.7. The van der Waals surface area contributed by atoms with Gasteiger partial charge in [-0.3, -0.25) is 0 Å². The van der Waals surface area contributed by atoms with Gasteiger partial charge in [-0.1, -0.05) is 71.1 Å². The van der Waals surface area contributed by atoms with Crippen LogP contribution >= 0.6 is 15.9 Å². The Morgan fingerprint density at radius 3 is 2.00 bits per heavy atom. The topological polar surface area (TPSA) is 9.23 Å². The Hall–Kier alpha value is -0.353. The van der Waals surface area contributed by atoms with Crippen LogP contribution in [-0.2, 0) is 0 Å². The van der Waals surface area contributed by atoms with E-state index in [9.17, 15) is 4.39 Å². The largest absolute Gasteiger partial charge is 0.543 e. The van der Waals surface area contributed by atoms with E-state index in [1.165, 1.54) is 76.3 Å². The van der Waals surface area contributed by atoms with Gasteiger partial charge in [0.15, 0.2) is 0 Å². The number of halogens is 2. The van der Waals surface area contributed by atoms with Crippen LogP contribution < -0.4 is 4.43 Å². The predicted molar refractivity (Wildman–Crippen MR) is 109 cm³/mol. The third-order valence-corrected chi connectivity index (χ3v) is 7.36. The Kier molecular flexibility index (Phi) is 10.9. The van der Waals surface area contributed by atoms with E-state index in [4.69, 9.17) is 4.43 Å². The van der Waals surface area contributed by atoms with E-state index in [-0.39, 0.29) is 5.82 Å². The molecule has 0 saturated heterocycles. The molecule has 0 atom stereocenters. The minimum absolute atomic E-state index is 0.233. The zero-order valence-corrected chi connectivity index (χ0v) is 18.3. The van der Waals surface area contributed by atoms with Crippen molar-refractivity contribution in [1.82, 2.24) is 0 Å². The molecule has 0 unspecified atom stereocenters. The molecule has 0 radical (unpaired) electrons. The van der Waals surface area contributed by atoms with Crippen molar-refractivity contribution in [2.24, 2.45) is 0 Å². The van der Waals surface area contributed by atoms with E-state index >= 15 is 0 Å². The maximum Gasteiger partial charge on any atom is 0.245 e. The van der Waals surface area contributed by atoms with Crippen LogP contribution in [0, 0.1) is 5.82 Å². The van der Waals surface area contributed by atoms with Crippen molar-refractivity contribution in [2.75, 3.05) is 0 Å². The summed E-state index contributed by atoms with van der Waals surface area (Å²) >= 11 is 3.39. The molecule has 24 heavy (non-hydrogen) atoms. The fourth-order valence-electron chi connectivity index (χ4n) is 2.94.